The molecule has 1 atom stereocenters. The highest BCUT2D eigenvalue weighted by molar-refractivity contribution is 5.48. The van der Waals surface area contributed by atoms with E-state index < -0.39 is 4.92 Å². The lowest BCUT2D eigenvalue weighted by Crippen LogP contribution is -2.18. The van der Waals surface area contributed by atoms with E-state index in [0.29, 0.717) is 12.2 Å². The lowest BCUT2D eigenvalue weighted by Gasteiger charge is -2.12. The summed E-state index contributed by atoms with van der Waals surface area (Å²) in [5.41, 5.74) is 6.64. The van der Waals surface area contributed by atoms with Gasteiger partial charge >= 0.3 is 5.69 Å². The van der Waals surface area contributed by atoms with E-state index in [0.717, 1.165) is 5.56 Å². The van der Waals surface area contributed by atoms with Gasteiger partial charge in [-0.25, -0.2) is 0 Å². The number of nitro groups is 1. The largest absolute Gasteiger partial charge is 0.484 e. The molecular weight excluding hydrogens is 220 g/mol. The fourth-order valence-corrected chi connectivity index (χ4v) is 1.56. The minimum absolute atomic E-state index is 0.00729. The first-order valence-corrected chi connectivity index (χ1v) is 5.59. The summed E-state index contributed by atoms with van der Waals surface area (Å²) in [6.45, 7) is 5.56. The maximum atomic E-state index is 10.8. The summed E-state index contributed by atoms with van der Waals surface area (Å²) in [7, 11) is 0. The molecule has 1 aromatic rings. The van der Waals surface area contributed by atoms with Gasteiger partial charge in [0.25, 0.3) is 0 Å². The standard InChI is InChI=1S/C12H18N2O3/c1-8(2)17-12-7-10(6-9(3)13)4-5-11(12)14(15)16/h4-5,7-9H,6,13H2,1-3H3. The highest BCUT2D eigenvalue weighted by atomic mass is 16.6. The van der Waals surface area contributed by atoms with Crippen molar-refractivity contribution in [1.82, 2.24) is 0 Å². The second kappa shape index (κ2) is 5.63. The third-order valence-electron chi connectivity index (χ3n) is 2.14. The molecule has 1 rings (SSSR count). The van der Waals surface area contributed by atoms with Crippen molar-refractivity contribution in [2.45, 2.75) is 39.3 Å². The van der Waals surface area contributed by atoms with Gasteiger partial charge in [0.1, 0.15) is 0 Å². The van der Waals surface area contributed by atoms with Gasteiger partial charge in [0.2, 0.25) is 0 Å². The van der Waals surface area contributed by atoms with Gasteiger partial charge in [0.05, 0.1) is 11.0 Å². The maximum Gasteiger partial charge on any atom is 0.310 e. The average Bonchev–Trinajstić information content (AvgIpc) is 2.15. The lowest BCUT2D eigenvalue weighted by atomic mass is 10.1. The first-order chi connectivity index (χ1) is 7.90. The van der Waals surface area contributed by atoms with Crippen molar-refractivity contribution in [3.05, 3.63) is 33.9 Å². The maximum absolute atomic E-state index is 10.8. The minimum Gasteiger partial charge on any atom is -0.484 e. The fourth-order valence-electron chi connectivity index (χ4n) is 1.56. The Labute approximate surface area is 101 Å². The van der Waals surface area contributed by atoms with E-state index in [2.05, 4.69) is 0 Å². The van der Waals surface area contributed by atoms with E-state index >= 15 is 0 Å². The van der Waals surface area contributed by atoms with Gasteiger partial charge in [0, 0.05) is 12.1 Å². The van der Waals surface area contributed by atoms with Crippen LogP contribution in [0.4, 0.5) is 5.69 Å². The van der Waals surface area contributed by atoms with Crippen molar-refractivity contribution in [2.24, 2.45) is 5.73 Å². The molecule has 0 aromatic heterocycles. The molecule has 0 saturated heterocycles. The molecule has 94 valence electrons. The molecule has 1 unspecified atom stereocenters. The van der Waals surface area contributed by atoms with Gasteiger partial charge in [-0.15, -0.1) is 0 Å². The van der Waals surface area contributed by atoms with Gasteiger partial charge in [-0.05, 0) is 38.8 Å². The Kier molecular flexibility index (Phi) is 4.45. The quantitative estimate of drug-likeness (QED) is 0.630. The van der Waals surface area contributed by atoms with Crippen LogP contribution >= 0.6 is 0 Å². The summed E-state index contributed by atoms with van der Waals surface area (Å²) < 4.78 is 5.45. The Balaban J connectivity index is 3.05. The zero-order valence-corrected chi connectivity index (χ0v) is 10.3. The zero-order chi connectivity index (χ0) is 13.0. The topological polar surface area (TPSA) is 78.4 Å². The highest BCUT2D eigenvalue weighted by Crippen LogP contribution is 2.29. The van der Waals surface area contributed by atoms with E-state index in [9.17, 15) is 10.1 Å². The molecule has 0 radical (unpaired) electrons. The van der Waals surface area contributed by atoms with Crippen LogP contribution in [0.1, 0.15) is 26.3 Å². The van der Waals surface area contributed by atoms with Crippen LogP contribution in [0, 0.1) is 10.1 Å². The Hall–Kier alpha value is -1.62. The molecule has 2 N–H and O–H groups in total. The van der Waals surface area contributed by atoms with Crippen LogP contribution in [0.3, 0.4) is 0 Å². The molecular formula is C12H18N2O3. The summed E-state index contributed by atoms with van der Waals surface area (Å²) in [4.78, 5) is 10.4. The van der Waals surface area contributed by atoms with Crippen LogP contribution in [0.25, 0.3) is 0 Å². The fraction of sp³-hybridized carbons (Fsp3) is 0.500. The van der Waals surface area contributed by atoms with E-state index in [4.69, 9.17) is 10.5 Å². The summed E-state index contributed by atoms with van der Waals surface area (Å²) >= 11 is 0. The lowest BCUT2D eigenvalue weighted by molar-refractivity contribution is -0.386. The van der Waals surface area contributed by atoms with E-state index in [1.165, 1.54) is 6.07 Å². The normalized spacial score (nSPS) is 12.5. The molecule has 0 heterocycles. The molecule has 0 fully saturated rings. The molecule has 1 aromatic carbocycles. The molecule has 0 bridgehead atoms. The molecule has 0 aliphatic carbocycles. The molecule has 5 nitrogen and oxygen atoms in total. The Morgan fingerprint density at radius 1 is 1.41 bits per heavy atom. The summed E-state index contributed by atoms with van der Waals surface area (Å²) in [6, 6.07) is 4.90. The third kappa shape index (κ3) is 4.03. The number of nitro benzene ring substituents is 1. The van der Waals surface area contributed by atoms with E-state index in [-0.39, 0.29) is 17.8 Å². The highest BCUT2D eigenvalue weighted by Gasteiger charge is 2.16. The smallest absolute Gasteiger partial charge is 0.310 e. The second-order valence-corrected chi connectivity index (χ2v) is 4.41. The molecule has 0 amide bonds. The summed E-state index contributed by atoms with van der Waals surface area (Å²) in [6.07, 6.45) is 0.575. The van der Waals surface area contributed by atoms with Crippen LogP contribution in [-0.2, 0) is 6.42 Å². The minimum atomic E-state index is -0.437. The number of nitrogens with zero attached hydrogens (tertiary/aromatic N) is 1. The Bertz CT molecular complexity index is 403. The van der Waals surface area contributed by atoms with Gasteiger partial charge < -0.3 is 10.5 Å². The molecule has 0 saturated carbocycles. The van der Waals surface area contributed by atoms with E-state index in [1.54, 1.807) is 12.1 Å². The molecule has 0 aliphatic rings. The zero-order valence-electron chi connectivity index (χ0n) is 10.3. The Morgan fingerprint density at radius 3 is 2.53 bits per heavy atom. The SMILES string of the molecule is CC(N)Cc1ccc([N+](=O)[O-])c(OC(C)C)c1. The molecule has 5 heteroatoms. The van der Waals surface area contributed by atoms with Crippen molar-refractivity contribution < 1.29 is 9.66 Å². The predicted molar refractivity (Wildman–Crippen MR) is 66.2 cm³/mol. The van der Waals surface area contributed by atoms with Crippen LogP contribution in [0.15, 0.2) is 18.2 Å². The number of nitrogens with two attached hydrogens (primary N) is 1. The van der Waals surface area contributed by atoms with Gasteiger partial charge in [-0.3, -0.25) is 10.1 Å². The van der Waals surface area contributed by atoms with Crippen LogP contribution in [0.5, 0.6) is 5.75 Å². The number of hydrogen-bond donors (Lipinski definition) is 1. The Morgan fingerprint density at radius 2 is 2.06 bits per heavy atom. The van der Waals surface area contributed by atoms with Crippen LogP contribution in [0.2, 0.25) is 0 Å². The van der Waals surface area contributed by atoms with Gasteiger partial charge in [-0.1, -0.05) is 6.07 Å². The van der Waals surface area contributed by atoms with Crippen molar-refractivity contribution in [1.29, 1.82) is 0 Å². The first kappa shape index (κ1) is 13.4. The van der Waals surface area contributed by atoms with Gasteiger partial charge in [-0.2, -0.15) is 0 Å². The van der Waals surface area contributed by atoms with Crippen molar-refractivity contribution in [3.8, 4) is 5.75 Å². The second-order valence-electron chi connectivity index (χ2n) is 4.41. The number of hydrogen-bond acceptors (Lipinski definition) is 4. The summed E-state index contributed by atoms with van der Waals surface area (Å²) in [5.74, 6) is 0.308. The number of rotatable bonds is 5. The van der Waals surface area contributed by atoms with Crippen LogP contribution in [-0.4, -0.2) is 17.1 Å². The third-order valence-corrected chi connectivity index (χ3v) is 2.14. The average molecular weight is 238 g/mol. The van der Waals surface area contributed by atoms with Crippen molar-refractivity contribution >= 4 is 5.69 Å². The molecule has 0 aliphatic heterocycles. The van der Waals surface area contributed by atoms with Crippen LogP contribution < -0.4 is 10.5 Å². The monoisotopic (exact) mass is 238 g/mol. The van der Waals surface area contributed by atoms with Crippen molar-refractivity contribution in [3.63, 3.8) is 0 Å². The molecule has 17 heavy (non-hydrogen) atoms. The van der Waals surface area contributed by atoms with Crippen molar-refractivity contribution in [2.75, 3.05) is 0 Å². The molecule has 0 spiro atoms. The van der Waals surface area contributed by atoms with E-state index in [1.807, 2.05) is 20.8 Å². The predicted octanol–water partition coefficient (Wildman–Crippen LogP) is 2.27. The number of benzene rings is 1. The summed E-state index contributed by atoms with van der Waals surface area (Å²) in [5, 5.41) is 10.8. The number of ether oxygens (including phenoxy) is 1. The van der Waals surface area contributed by atoms with Gasteiger partial charge in [0.15, 0.2) is 5.75 Å². The first-order valence-electron chi connectivity index (χ1n) is 5.59.